The Morgan fingerprint density at radius 1 is 1.27 bits per heavy atom. The van der Waals surface area contributed by atoms with Crippen molar-refractivity contribution in [1.82, 2.24) is 0 Å². The van der Waals surface area contributed by atoms with Gasteiger partial charge < -0.3 is 4.74 Å². The van der Waals surface area contributed by atoms with Crippen LogP contribution in [0.15, 0.2) is 18.2 Å². The number of hydrogen-bond donors (Lipinski definition) is 0. The zero-order valence-corrected chi connectivity index (χ0v) is 10.0. The summed E-state index contributed by atoms with van der Waals surface area (Å²) in [6.07, 6.45) is 0. The zero-order valence-electron chi connectivity index (χ0n) is 10.0. The molecule has 0 heterocycles. The second kappa shape index (κ2) is 4.05. The van der Waals surface area contributed by atoms with Crippen LogP contribution in [0.2, 0.25) is 0 Å². The summed E-state index contributed by atoms with van der Waals surface area (Å²) in [7, 11) is 1.40. The van der Waals surface area contributed by atoms with Crippen molar-refractivity contribution in [3.8, 4) is 0 Å². The molecule has 0 bridgehead atoms. The summed E-state index contributed by atoms with van der Waals surface area (Å²) in [4.78, 5) is 11.3. The van der Waals surface area contributed by atoms with E-state index in [4.69, 9.17) is 0 Å². The van der Waals surface area contributed by atoms with Gasteiger partial charge in [0, 0.05) is 0 Å². The minimum Gasteiger partial charge on any atom is -0.465 e. The summed E-state index contributed by atoms with van der Waals surface area (Å²) in [5.41, 5.74) is 3.11. The lowest BCUT2D eigenvalue weighted by molar-refractivity contribution is 0.0600. The van der Waals surface area contributed by atoms with Gasteiger partial charge in [0.25, 0.3) is 0 Å². The van der Waals surface area contributed by atoms with Crippen molar-refractivity contribution >= 4 is 5.97 Å². The quantitative estimate of drug-likeness (QED) is 0.660. The number of hydrogen-bond acceptors (Lipinski definition) is 2. The van der Waals surface area contributed by atoms with Gasteiger partial charge in [0.2, 0.25) is 0 Å². The predicted octanol–water partition coefficient (Wildman–Crippen LogP) is 3.08. The van der Waals surface area contributed by atoms with Crippen LogP contribution in [0.1, 0.15) is 42.3 Å². The maximum Gasteiger partial charge on any atom is 0.337 e. The predicted molar refractivity (Wildman–Crippen MR) is 61.2 cm³/mol. The third-order valence-corrected chi connectivity index (χ3v) is 2.46. The van der Waals surface area contributed by atoms with Crippen LogP contribution in [0.5, 0.6) is 0 Å². The molecule has 0 unspecified atom stereocenters. The van der Waals surface area contributed by atoms with Gasteiger partial charge in [-0.3, -0.25) is 0 Å². The fourth-order valence-electron chi connectivity index (χ4n) is 1.75. The Kier molecular flexibility index (Phi) is 3.18. The van der Waals surface area contributed by atoms with Crippen LogP contribution in [0.25, 0.3) is 0 Å². The summed E-state index contributed by atoms with van der Waals surface area (Å²) >= 11 is 0. The van der Waals surface area contributed by atoms with E-state index in [1.165, 1.54) is 12.7 Å². The van der Waals surface area contributed by atoms with E-state index in [0.717, 1.165) is 5.56 Å². The Morgan fingerprint density at radius 3 is 2.27 bits per heavy atom. The number of methoxy groups -OCH3 is 1. The van der Waals surface area contributed by atoms with E-state index in [2.05, 4.69) is 25.5 Å². The molecule has 2 nitrogen and oxygen atoms in total. The Balaban J connectivity index is 3.15. The highest BCUT2D eigenvalue weighted by Crippen LogP contribution is 2.26. The van der Waals surface area contributed by atoms with Gasteiger partial charge in [-0.05, 0) is 35.6 Å². The van der Waals surface area contributed by atoms with E-state index >= 15 is 0 Å². The molecule has 15 heavy (non-hydrogen) atoms. The third kappa shape index (κ3) is 2.58. The van der Waals surface area contributed by atoms with Gasteiger partial charge >= 0.3 is 5.97 Å². The van der Waals surface area contributed by atoms with Gasteiger partial charge in [-0.25, -0.2) is 4.79 Å². The highest BCUT2D eigenvalue weighted by molar-refractivity contribution is 5.89. The smallest absolute Gasteiger partial charge is 0.337 e. The molecule has 0 atom stereocenters. The van der Waals surface area contributed by atoms with Crippen molar-refractivity contribution in [2.75, 3.05) is 7.11 Å². The second-order valence-corrected chi connectivity index (χ2v) is 4.77. The molecule has 0 fully saturated rings. The normalized spacial score (nSPS) is 11.3. The first-order valence-corrected chi connectivity index (χ1v) is 5.05. The van der Waals surface area contributed by atoms with Gasteiger partial charge in [-0.1, -0.05) is 26.8 Å². The SMILES string of the molecule is COC(=O)c1ccc(C(C)(C)C)c(C)c1. The molecule has 1 aromatic carbocycles. The molecule has 0 saturated carbocycles. The van der Waals surface area contributed by atoms with Gasteiger partial charge in [-0.15, -0.1) is 0 Å². The topological polar surface area (TPSA) is 26.3 Å². The first-order chi connectivity index (χ1) is 6.86. The van der Waals surface area contributed by atoms with Crippen molar-refractivity contribution < 1.29 is 9.53 Å². The summed E-state index contributed by atoms with van der Waals surface area (Å²) in [6, 6.07) is 5.70. The van der Waals surface area contributed by atoms with Crippen LogP contribution in [0, 0.1) is 6.92 Å². The molecular formula is C13H18O2. The number of carbonyl (C=O) groups is 1. The lowest BCUT2D eigenvalue weighted by atomic mass is 9.83. The Hall–Kier alpha value is -1.31. The van der Waals surface area contributed by atoms with Crippen molar-refractivity contribution in [3.05, 3.63) is 34.9 Å². The van der Waals surface area contributed by atoms with Crippen molar-refractivity contribution in [3.63, 3.8) is 0 Å². The largest absolute Gasteiger partial charge is 0.465 e. The Morgan fingerprint density at radius 2 is 1.87 bits per heavy atom. The van der Waals surface area contributed by atoms with E-state index in [9.17, 15) is 4.79 Å². The van der Waals surface area contributed by atoms with Crippen molar-refractivity contribution in [2.24, 2.45) is 0 Å². The molecule has 0 saturated heterocycles. The van der Waals surface area contributed by atoms with Crippen LogP contribution in [-0.4, -0.2) is 13.1 Å². The van der Waals surface area contributed by atoms with E-state index in [0.29, 0.717) is 5.56 Å². The van der Waals surface area contributed by atoms with Crippen LogP contribution < -0.4 is 0 Å². The average Bonchev–Trinajstić information content (AvgIpc) is 2.14. The summed E-state index contributed by atoms with van der Waals surface area (Å²) in [5.74, 6) is -0.279. The van der Waals surface area contributed by atoms with Crippen molar-refractivity contribution in [2.45, 2.75) is 33.1 Å². The van der Waals surface area contributed by atoms with E-state index in [1.54, 1.807) is 0 Å². The molecule has 1 aromatic rings. The van der Waals surface area contributed by atoms with Crippen LogP contribution in [0.4, 0.5) is 0 Å². The van der Waals surface area contributed by atoms with E-state index in [-0.39, 0.29) is 11.4 Å². The number of carbonyl (C=O) groups excluding carboxylic acids is 1. The molecule has 0 spiro atoms. The number of aryl methyl sites for hydroxylation is 1. The average molecular weight is 206 g/mol. The summed E-state index contributed by atoms with van der Waals surface area (Å²) in [6.45, 7) is 8.50. The van der Waals surface area contributed by atoms with Gasteiger partial charge in [0.05, 0.1) is 12.7 Å². The van der Waals surface area contributed by atoms with Crippen LogP contribution in [-0.2, 0) is 10.2 Å². The van der Waals surface area contributed by atoms with E-state index in [1.807, 2.05) is 25.1 Å². The van der Waals surface area contributed by atoms with Gasteiger partial charge in [0.15, 0.2) is 0 Å². The molecule has 0 radical (unpaired) electrons. The second-order valence-electron chi connectivity index (χ2n) is 4.77. The molecule has 82 valence electrons. The maximum absolute atomic E-state index is 11.3. The Labute approximate surface area is 91.3 Å². The molecule has 2 heteroatoms. The maximum atomic E-state index is 11.3. The molecule has 0 amide bonds. The van der Waals surface area contributed by atoms with Gasteiger partial charge in [0.1, 0.15) is 0 Å². The highest BCUT2D eigenvalue weighted by atomic mass is 16.5. The van der Waals surface area contributed by atoms with Gasteiger partial charge in [-0.2, -0.15) is 0 Å². The standard InChI is InChI=1S/C13H18O2/c1-9-8-10(12(14)15-5)6-7-11(9)13(2,3)4/h6-8H,1-5H3. The highest BCUT2D eigenvalue weighted by Gasteiger charge is 2.17. The number of ether oxygens (including phenoxy) is 1. The fraction of sp³-hybridized carbons (Fsp3) is 0.462. The molecule has 0 aliphatic heterocycles. The molecule has 0 N–H and O–H groups in total. The first-order valence-electron chi connectivity index (χ1n) is 5.05. The summed E-state index contributed by atoms with van der Waals surface area (Å²) in [5, 5.41) is 0. The number of esters is 1. The minimum absolute atomic E-state index is 0.110. The number of benzene rings is 1. The van der Waals surface area contributed by atoms with E-state index < -0.39 is 0 Å². The lowest BCUT2D eigenvalue weighted by Gasteiger charge is -2.21. The monoisotopic (exact) mass is 206 g/mol. The first kappa shape index (κ1) is 11.8. The minimum atomic E-state index is -0.279. The number of rotatable bonds is 1. The van der Waals surface area contributed by atoms with Crippen LogP contribution in [0.3, 0.4) is 0 Å². The lowest BCUT2D eigenvalue weighted by Crippen LogP contribution is -2.14. The molecule has 0 aliphatic carbocycles. The fourth-order valence-corrected chi connectivity index (χ4v) is 1.75. The summed E-state index contributed by atoms with van der Waals surface area (Å²) < 4.78 is 4.68. The third-order valence-electron chi connectivity index (χ3n) is 2.46. The molecular weight excluding hydrogens is 188 g/mol. The molecule has 0 aliphatic rings. The molecule has 1 rings (SSSR count). The molecule has 0 aromatic heterocycles. The van der Waals surface area contributed by atoms with Crippen LogP contribution >= 0.6 is 0 Å². The Bertz CT molecular complexity index is 373. The van der Waals surface area contributed by atoms with Crippen molar-refractivity contribution in [1.29, 1.82) is 0 Å². The zero-order chi connectivity index (χ0) is 11.6.